The highest BCUT2D eigenvalue weighted by Gasteiger charge is 2.31. The molecular formula is C23H30N4O3. The van der Waals surface area contributed by atoms with E-state index in [9.17, 15) is 9.90 Å². The number of benzene rings is 1. The van der Waals surface area contributed by atoms with Crippen molar-refractivity contribution in [3.05, 3.63) is 47.7 Å². The van der Waals surface area contributed by atoms with E-state index in [0.717, 1.165) is 57.4 Å². The van der Waals surface area contributed by atoms with Crippen LogP contribution in [-0.2, 0) is 4.74 Å². The van der Waals surface area contributed by atoms with Crippen LogP contribution < -0.4 is 16.4 Å². The molecule has 5 N–H and O–H groups in total. The van der Waals surface area contributed by atoms with E-state index in [2.05, 4.69) is 27.8 Å². The Morgan fingerprint density at radius 2 is 1.90 bits per heavy atom. The molecule has 2 heterocycles. The fourth-order valence-corrected chi connectivity index (χ4v) is 4.35. The largest absolute Gasteiger partial charge is 0.388 e. The molecule has 2 aromatic rings. The number of anilines is 3. The predicted molar refractivity (Wildman–Crippen MR) is 117 cm³/mol. The number of nitrogens with one attached hydrogen (secondary N) is 2. The van der Waals surface area contributed by atoms with Crippen molar-refractivity contribution in [2.75, 3.05) is 30.4 Å². The van der Waals surface area contributed by atoms with Gasteiger partial charge in [0.05, 0.1) is 16.9 Å². The Kier molecular flexibility index (Phi) is 6.20. The summed E-state index contributed by atoms with van der Waals surface area (Å²) in [5, 5.41) is 17.1. The lowest BCUT2D eigenvalue weighted by atomic mass is 9.92. The molecule has 0 unspecified atom stereocenters. The van der Waals surface area contributed by atoms with E-state index in [-0.39, 0.29) is 0 Å². The summed E-state index contributed by atoms with van der Waals surface area (Å²) in [6.45, 7) is 2.04. The fraction of sp³-hybridized carbons (Fsp3) is 0.478. The molecule has 1 aromatic carbocycles. The molecule has 4 rings (SSSR count). The van der Waals surface area contributed by atoms with Gasteiger partial charge >= 0.3 is 0 Å². The van der Waals surface area contributed by atoms with Gasteiger partial charge in [-0.15, -0.1) is 0 Å². The quantitative estimate of drug-likeness (QED) is 0.556. The van der Waals surface area contributed by atoms with Gasteiger partial charge in [0.25, 0.3) is 5.91 Å². The van der Waals surface area contributed by atoms with Crippen LogP contribution in [0.25, 0.3) is 0 Å². The zero-order chi connectivity index (χ0) is 21.0. The van der Waals surface area contributed by atoms with E-state index in [0.29, 0.717) is 29.5 Å². The summed E-state index contributed by atoms with van der Waals surface area (Å²) in [5.41, 5.74) is 7.93. The van der Waals surface area contributed by atoms with E-state index < -0.39 is 11.5 Å². The first-order valence-electron chi connectivity index (χ1n) is 10.7. The van der Waals surface area contributed by atoms with Crippen LogP contribution in [0.2, 0.25) is 0 Å². The maximum Gasteiger partial charge on any atom is 0.252 e. The van der Waals surface area contributed by atoms with Crippen LogP contribution in [0, 0.1) is 0 Å². The average molecular weight is 411 g/mol. The van der Waals surface area contributed by atoms with E-state index >= 15 is 0 Å². The zero-order valence-corrected chi connectivity index (χ0v) is 17.2. The number of aliphatic hydroxyl groups is 1. The van der Waals surface area contributed by atoms with Gasteiger partial charge in [-0.1, -0.05) is 25.0 Å². The van der Waals surface area contributed by atoms with Gasteiger partial charge in [-0.2, -0.15) is 0 Å². The second-order valence-electron chi connectivity index (χ2n) is 8.40. The SMILES string of the molecule is NC(=O)c1cnc(Nc2ccc(C3CCOCC3)cc2)cc1NCC1(O)CCCC1. The molecule has 1 aliphatic heterocycles. The first-order valence-corrected chi connectivity index (χ1v) is 10.7. The number of primary amides is 1. The van der Waals surface area contributed by atoms with E-state index in [1.54, 1.807) is 6.07 Å². The number of rotatable bonds is 7. The predicted octanol–water partition coefficient (Wildman–Crippen LogP) is 3.54. The van der Waals surface area contributed by atoms with Crippen LogP contribution in [0.3, 0.4) is 0 Å². The monoisotopic (exact) mass is 410 g/mol. The number of carbonyl (C=O) groups is 1. The summed E-state index contributed by atoms with van der Waals surface area (Å²) in [6, 6.07) is 10.1. The Labute approximate surface area is 177 Å². The lowest BCUT2D eigenvalue weighted by Crippen LogP contribution is -2.34. The first-order chi connectivity index (χ1) is 14.5. The Balaban J connectivity index is 1.46. The molecule has 0 bridgehead atoms. The molecule has 0 spiro atoms. The number of aromatic nitrogens is 1. The summed E-state index contributed by atoms with van der Waals surface area (Å²) in [7, 11) is 0. The minimum absolute atomic E-state index is 0.317. The number of hydrogen-bond donors (Lipinski definition) is 4. The third-order valence-corrected chi connectivity index (χ3v) is 6.19. The molecule has 0 radical (unpaired) electrons. The molecule has 7 nitrogen and oxygen atoms in total. The van der Waals surface area contributed by atoms with Crippen molar-refractivity contribution < 1.29 is 14.6 Å². The van der Waals surface area contributed by atoms with Crippen molar-refractivity contribution in [3.63, 3.8) is 0 Å². The Bertz CT molecular complexity index is 873. The van der Waals surface area contributed by atoms with Crippen molar-refractivity contribution in [1.29, 1.82) is 0 Å². The van der Waals surface area contributed by atoms with Crippen molar-refractivity contribution in [1.82, 2.24) is 4.98 Å². The van der Waals surface area contributed by atoms with Crippen LogP contribution in [0.5, 0.6) is 0 Å². The van der Waals surface area contributed by atoms with Crippen LogP contribution >= 0.6 is 0 Å². The van der Waals surface area contributed by atoms with Crippen molar-refractivity contribution in [3.8, 4) is 0 Å². The summed E-state index contributed by atoms with van der Waals surface area (Å²) in [6.07, 6.45) is 7.17. The van der Waals surface area contributed by atoms with Crippen molar-refractivity contribution in [2.45, 2.75) is 50.0 Å². The standard InChI is InChI=1S/C23H30N4O3/c24-22(28)19-14-25-21(13-20(19)26-15-23(29)9-1-2-10-23)27-18-5-3-16(4-6-18)17-7-11-30-12-8-17/h3-6,13-14,17,29H,1-2,7-12,15H2,(H2,24,28)(H2,25,26,27). The van der Waals surface area contributed by atoms with Crippen LogP contribution in [0.1, 0.15) is 60.4 Å². The molecule has 1 amide bonds. The molecule has 1 saturated carbocycles. The third kappa shape index (κ3) is 4.91. The molecule has 1 aliphatic carbocycles. The number of ether oxygens (including phenoxy) is 1. The maximum atomic E-state index is 11.8. The van der Waals surface area contributed by atoms with Crippen molar-refractivity contribution in [2.24, 2.45) is 5.73 Å². The highest BCUT2D eigenvalue weighted by molar-refractivity contribution is 5.98. The Morgan fingerprint density at radius 1 is 1.20 bits per heavy atom. The van der Waals surface area contributed by atoms with Gasteiger partial charge in [-0.3, -0.25) is 4.79 Å². The molecule has 1 saturated heterocycles. The molecule has 2 aliphatic rings. The lowest BCUT2D eigenvalue weighted by Gasteiger charge is -2.24. The molecule has 7 heteroatoms. The van der Waals surface area contributed by atoms with Gasteiger partial charge in [0.2, 0.25) is 0 Å². The zero-order valence-electron chi connectivity index (χ0n) is 17.2. The van der Waals surface area contributed by atoms with E-state index in [1.165, 1.54) is 11.8 Å². The van der Waals surface area contributed by atoms with Gasteiger partial charge in [-0.05, 0) is 49.3 Å². The smallest absolute Gasteiger partial charge is 0.252 e. The second kappa shape index (κ2) is 9.02. The topological polar surface area (TPSA) is 110 Å². The lowest BCUT2D eigenvalue weighted by molar-refractivity contribution is 0.0614. The van der Waals surface area contributed by atoms with Crippen LogP contribution in [0.4, 0.5) is 17.2 Å². The highest BCUT2D eigenvalue weighted by atomic mass is 16.5. The minimum Gasteiger partial charge on any atom is -0.388 e. The summed E-state index contributed by atoms with van der Waals surface area (Å²) < 4.78 is 5.44. The summed E-state index contributed by atoms with van der Waals surface area (Å²) >= 11 is 0. The average Bonchev–Trinajstić information content (AvgIpc) is 3.20. The summed E-state index contributed by atoms with van der Waals surface area (Å²) in [4.78, 5) is 16.1. The second-order valence-corrected chi connectivity index (χ2v) is 8.40. The molecular weight excluding hydrogens is 380 g/mol. The maximum absolute atomic E-state index is 11.8. The number of amides is 1. The van der Waals surface area contributed by atoms with Gasteiger partial charge in [-0.25, -0.2) is 4.98 Å². The number of nitrogens with zero attached hydrogens (tertiary/aromatic N) is 1. The molecule has 2 fully saturated rings. The highest BCUT2D eigenvalue weighted by Crippen LogP contribution is 2.31. The van der Waals surface area contributed by atoms with Gasteiger partial charge in [0, 0.05) is 37.7 Å². The Morgan fingerprint density at radius 3 is 2.57 bits per heavy atom. The number of nitrogens with two attached hydrogens (primary N) is 1. The molecule has 160 valence electrons. The van der Waals surface area contributed by atoms with Crippen LogP contribution in [-0.4, -0.2) is 41.4 Å². The fourth-order valence-electron chi connectivity index (χ4n) is 4.35. The van der Waals surface area contributed by atoms with Crippen molar-refractivity contribution >= 4 is 23.1 Å². The van der Waals surface area contributed by atoms with Gasteiger partial charge < -0.3 is 26.2 Å². The Hall–Kier alpha value is -2.64. The normalized spacial score (nSPS) is 18.8. The third-order valence-electron chi connectivity index (χ3n) is 6.19. The summed E-state index contributed by atoms with van der Waals surface area (Å²) in [5.74, 6) is 0.619. The van der Waals surface area contributed by atoms with Gasteiger partial charge in [0.15, 0.2) is 0 Å². The van der Waals surface area contributed by atoms with Crippen LogP contribution in [0.15, 0.2) is 36.5 Å². The molecule has 0 atom stereocenters. The number of carbonyl (C=O) groups excluding carboxylic acids is 1. The number of hydrogen-bond acceptors (Lipinski definition) is 6. The van der Waals surface area contributed by atoms with Gasteiger partial charge in [0.1, 0.15) is 5.82 Å². The van der Waals surface area contributed by atoms with E-state index in [4.69, 9.17) is 10.5 Å². The number of pyridine rings is 1. The molecule has 1 aromatic heterocycles. The van der Waals surface area contributed by atoms with E-state index in [1.807, 2.05) is 12.1 Å². The molecule has 30 heavy (non-hydrogen) atoms. The first kappa shape index (κ1) is 20.6. The minimum atomic E-state index is -0.730.